The fraction of sp³-hybridized carbons (Fsp3) is 0.389. The van der Waals surface area contributed by atoms with Gasteiger partial charge in [-0.2, -0.15) is 0 Å². The van der Waals surface area contributed by atoms with Crippen molar-refractivity contribution in [3.05, 3.63) is 57.1 Å². The van der Waals surface area contributed by atoms with E-state index in [0.29, 0.717) is 5.75 Å². The third-order valence-electron chi connectivity index (χ3n) is 3.12. The van der Waals surface area contributed by atoms with Crippen molar-refractivity contribution >= 4 is 21.6 Å². The van der Waals surface area contributed by atoms with E-state index < -0.39 is 16.8 Å². The number of allylic oxidation sites excluding steroid dienone is 1. The zero-order valence-electron chi connectivity index (χ0n) is 15.1. The average molecular weight is 366 g/mol. The molecule has 136 valence electrons. The number of nitro groups is 1. The molecule has 1 aliphatic rings. The van der Waals surface area contributed by atoms with Crippen LogP contribution in [0.25, 0.3) is 10.2 Å². The first kappa shape index (κ1) is 20.8. The van der Waals surface area contributed by atoms with Gasteiger partial charge in [0.1, 0.15) is 11.6 Å². The topological polar surface area (TPSA) is 65.3 Å². The highest BCUT2D eigenvalue weighted by Crippen LogP contribution is 2.34. The second kappa shape index (κ2) is 9.88. The van der Waals surface area contributed by atoms with Gasteiger partial charge in [-0.05, 0) is 25.1 Å². The van der Waals surface area contributed by atoms with Crippen LogP contribution in [0.2, 0.25) is 0 Å². The van der Waals surface area contributed by atoms with E-state index in [1.54, 1.807) is 12.3 Å². The number of hydrogen-bond acceptors (Lipinski definition) is 5. The molecule has 0 aliphatic heterocycles. The van der Waals surface area contributed by atoms with Gasteiger partial charge >= 0.3 is 0 Å². The zero-order valence-corrected chi connectivity index (χ0v) is 15.9. The van der Waals surface area contributed by atoms with Crippen LogP contribution in [0.3, 0.4) is 0 Å². The third kappa shape index (κ3) is 5.09. The molecule has 25 heavy (non-hydrogen) atoms. The number of aromatic nitrogens is 1. The predicted molar refractivity (Wildman–Crippen MR) is 100 cm³/mol. The third-order valence-corrected chi connectivity index (χ3v) is 4.17. The molecule has 7 heteroatoms. The average Bonchev–Trinajstić information content (AvgIpc) is 3.01. The molecule has 0 amide bonds. The van der Waals surface area contributed by atoms with Crippen LogP contribution >= 0.6 is 11.3 Å². The molecule has 1 aliphatic carbocycles. The lowest BCUT2D eigenvalue weighted by atomic mass is 10.1. The van der Waals surface area contributed by atoms with Crippen molar-refractivity contribution in [1.29, 1.82) is 0 Å². The summed E-state index contributed by atoms with van der Waals surface area (Å²) in [6.45, 7) is 9.96. The minimum atomic E-state index is -1.03. The van der Waals surface area contributed by atoms with Crippen molar-refractivity contribution in [2.75, 3.05) is 0 Å². The van der Waals surface area contributed by atoms with Gasteiger partial charge in [-0.3, -0.25) is 15.1 Å². The highest BCUT2D eigenvalue weighted by Gasteiger charge is 2.26. The lowest BCUT2D eigenvalue weighted by Crippen LogP contribution is -2.20. The summed E-state index contributed by atoms with van der Waals surface area (Å²) in [5, 5.41) is 10.7. The Labute approximate surface area is 151 Å². The number of pyridine rings is 1. The molecule has 2 aromatic heterocycles. The van der Waals surface area contributed by atoms with Gasteiger partial charge in [-0.1, -0.05) is 27.7 Å². The Hall–Kier alpha value is -2.28. The number of thiophene rings is 1. The maximum Gasteiger partial charge on any atom is 0.238 e. The number of fused-ring (bicyclic) bond motifs is 1. The molecular weight excluding hydrogens is 343 g/mol. The van der Waals surface area contributed by atoms with E-state index in [1.165, 1.54) is 23.5 Å². The van der Waals surface area contributed by atoms with E-state index in [-0.39, 0.29) is 12.2 Å². The van der Waals surface area contributed by atoms with Gasteiger partial charge in [0.15, 0.2) is 5.76 Å². The molecule has 1 atom stereocenters. The second-order valence-electron chi connectivity index (χ2n) is 4.67. The van der Waals surface area contributed by atoms with Crippen LogP contribution < -0.4 is 4.74 Å². The fourth-order valence-electron chi connectivity index (χ4n) is 2.11. The van der Waals surface area contributed by atoms with E-state index in [4.69, 9.17) is 4.74 Å². The van der Waals surface area contributed by atoms with E-state index in [2.05, 4.69) is 4.98 Å². The number of aryl methyl sites for hydroxylation is 1. The molecule has 0 N–H and O–H groups in total. The van der Waals surface area contributed by atoms with Gasteiger partial charge in [-0.25, -0.2) is 4.39 Å². The van der Waals surface area contributed by atoms with E-state index in [0.717, 1.165) is 15.1 Å². The Morgan fingerprint density at radius 3 is 2.64 bits per heavy atom. The summed E-state index contributed by atoms with van der Waals surface area (Å²) in [6, 6.07) is 2.56. The zero-order chi connectivity index (χ0) is 19.0. The Kier molecular flexibility index (Phi) is 8.21. The largest absolute Gasteiger partial charge is 0.453 e. The minimum absolute atomic E-state index is 0.0200. The normalized spacial score (nSPS) is 15.8. The van der Waals surface area contributed by atoms with Crippen LogP contribution in [0, 0.1) is 17.0 Å². The summed E-state index contributed by atoms with van der Waals surface area (Å²) in [6.07, 6.45) is 3.97. The quantitative estimate of drug-likeness (QED) is 0.507. The van der Waals surface area contributed by atoms with Crippen molar-refractivity contribution in [2.24, 2.45) is 0 Å². The smallest absolute Gasteiger partial charge is 0.238 e. The summed E-state index contributed by atoms with van der Waals surface area (Å²) in [5.41, 5.74) is 0.791. The van der Waals surface area contributed by atoms with Crippen molar-refractivity contribution < 1.29 is 14.1 Å². The summed E-state index contributed by atoms with van der Waals surface area (Å²) in [4.78, 5) is 15.4. The molecule has 3 rings (SSSR count). The molecule has 2 aromatic rings. The molecule has 1 unspecified atom stereocenters. The predicted octanol–water partition coefficient (Wildman–Crippen LogP) is 5.82. The van der Waals surface area contributed by atoms with Gasteiger partial charge in [0.05, 0.1) is 16.6 Å². The van der Waals surface area contributed by atoms with E-state index >= 15 is 0 Å². The molecule has 0 radical (unpaired) electrons. The maximum atomic E-state index is 13.9. The summed E-state index contributed by atoms with van der Waals surface area (Å²) in [5.74, 6) is -0.0865. The standard InChI is InChI=1S/C14H11FN2O3S.2C2H6/c1-8-6-11-14(21-8)13(4-5-16-11)20-12-3-2-9(17(18)19)7-10(12)15;2*1-2/h2-6,9H,7H2,1H3;2*1-2H3. The monoisotopic (exact) mass is 366 g/mol. The van der Waals surface area contributed by atoms with Gasteiger partial charge < -0.3 is 4.74 Å². The van der Waals surface area contributed by atoms with Crippen LogP contribution in [0.15, 0.2) is 42.1 Å². The van der Waals surface area contributed by atoms with Crippen LogP contribution in [0.4, 0.5) is 4.39 Å². The van der Waals surface area contributed by atoms with E-state index in [9.17, 15) is 14.5 Å². The molecule has 0 aromatic carbocycles. The maximum absolute atomic E-state index is 13.9. The molecule has 2 heterocycles. The Balaban J connectivity index is 0.000000730. The lowest BCUT2D eigenvalue weighted by Gasteiger charge is -2.14. The molecule has 0 spiro atoms. The minimum Gasteiger partial charge on any atom is -0.453 e. The van der Waals surface area contributed by atoms with Gasteiger partial charge in [0, 0.05) is 22.1 Å². The number of nitrogens with zero attached hydrogens (tertiary/aromatic N) is 2. The summed E-state index contributed by atoms with van der Waals surface area (Å²) < 4.78 is 20.4. The van der Waals surface area contributed by atoms with Crippen LogP contribution in [0.1, 0.15) is 39.0 Å². The van der Waals surface area contributed by atoms with Crippen molar-refractivity contribution in [3.8, 4) is 5.75 Å². The molecule has 0 bridgehead atoms. The summed E-state index contributed by atoms with van der Waals surface area (Å²) in [7, 11) is 0. The number of ether oxygens (including phenoxy) is 1. The first-order valence-corrected chi connectivity index (χ1v) is 9.09. The fourth-order valence-corrected chi connectivity index (χ4v) is 3.03. The first-order valence-electron chi connectivity index (χ1n) is 8.28. The number of rotatable bonds is 3. The Morgan fingerprint density at radius 1 is 1.36 bits per heavy atom. The molecule has 5 nitrogen and oxygen atoms in total. The highest BCUT2D eigenvalue weighted by molar-refractivity contribution is 7.19. The molecule has 0 saturated carbocycles. The molecular formula is C18H23FN2O3S. The summed E-state index contributed by atoms with van der Waals surface area (Å²) >= 11 is 1.51. The van der Waals surface area contributed by atoms with Gasteiger partial charge in [0.2, 0.25) is 6.04 Å². The van der Waals surface area contributed by atoms with Crippen molar-refractivity contribution in [2.45, 2.75) is 47.1 Å². The highest BCUT2D eigenvalue weighted by atomic mass is 32.1. The van der Waals surface area contributed by atoms with Crippen molar-refractivity contribution in [3.63, 3.8) is 0 Å². The SMILES string of the molecule is CC.CC.Cc1cc2nccc(OC3=C(F)CC([N+](=O)[O-])C=C3)c2s1. The van der Waals surface area contributed by atoms with Crippen LogP contribution in [0.5, 0.6) is 5.75 Å². The van der Waals surface area contributed by atoms with Crippen LogP contribution in [-0.2, 0) is 0 Å². The first-order chi connectivity index (χ1) is 12.0. The van der Waals surface area contributed by atoms with Gasteiger partial charge in [-0.15, -0.1) is 11.3 Å². The Bertz CT molecular complexity index is 784. The van der Waals surface area contributed by atoms with Crippen molar-refractivity contribution in [1.82, 2.24) is 4.98 Å². The number of halogens is 1. The molecule has 0 saturated heterocycles. The number of hydrogen-bond donors (Lipinski definition) is 0. The lowest BCUT2D eigenvalue weighted by molar-refractivity contribution is -0.509. The van der Waals surface area contributed by atoms with Crippen LogP contribution in [-0.4, -0.2) is 15.9 Å². The second-order valence-corrected chi connectivity index (χ2v) is 5.92. The molecule has 0 fully saturated rings. The van der Waals surface area contributed by atoms with Gasteiger partial charge in [0.25, 0.3) is 0 Å². The Morgan fingerprint density at radius 2 is 2.04 bits per heavy atom. The van der Waals surface area contributed by atoms with E-state index in [1.807, 2.05) is 40.7 Å².